The van der Waals surface area contributed by atoms with E-state index >= 15 is 0 Å². The van der Waals surface area contributed by atoms with Crippen molar-refractivity contribution in [3.05, 3.63) is 95.1 Å². The number of rotatable bonds is 9. The number of imide groups is 1. The van der Waals surface area contributed by atoms with Gasteiger partial charge in [-0.3, -0.25) is 29.6 Å². The van der Waals surface area contributed by atoms with Gasteiger partial charge < -0.3 is 9.64 Å². The number of fused-ring (bicyclic) bond motifs is 1. The monoisotopic (exact) mass is 607 g/mol. The Hall–Kier alpha value is -3.72. The Morgan fingerprint density at radius 1 is 0.756 bits per heavy atom. The Labute approximate surface area is 266 Å². The molecule has 236 valence electrons. The van der Waals surface area contributed by atoms with E-state index in [1.54, 1.807) is 0 Å². The molecule has 4 aliphatic heterocycles. The minimum absolute atomic E-state index is 0.165. The van der Waals surface area contributed by atoms with Crippen molar-refractivity contribution in [2.24, 2.45) is 0 Å². The first-order valence-electron chi connectivity index (χ1n) is 16.7. The minimum atomic E-state index is -0.237. The molecule has 3 fully saturated rings. The fourth-order valence-corrected chi connectivity index (χ4v) is 7.44. The fraction of sp³-hybridized carbons (Fsp3) is 0.459. The van der Waals surface area contributed by atoms with Crippen LogP contribution in [0.15, 0.2) is 72.8 Å². The standard InChI is InChI=1S/C37H45N5O3/c43-36-16-15-35(37(44)38-36)42-25-30-11-14-34(22-31(30)26-42)45-27-33-8-4-5-17-41(33)24-29-9-12-32(13-10-29)40-20-18-39(19-21-40)23-28-6-2-1-3-7-28/h1-3,6-7,9-14,22,33,35H,4-5,8,15-21,23-27H2,(H,38,43,44)/t33-,35?/m1/s1. The highest BCUT2D eigenvalue weighted by Crippen LogP contribution is 2.31. The molecule has 3 saturated heterocycles. The zero-order chi connectivity index (χ0) is 30.6. The number of likely N-dealkylation sites (tertiary alicyclic amines) is 1. The molecule has 2 amide bonds. The van der Waals surface area contributed by atoms with Crippen LogP contribution in [-0.4, -0.2) is 77.9 Å². The second-order valence-electron chi connectivity index (χ2n) is 13.1. The Balaban J connectivity index is 0.899. The van der Waals surface area contributed by atoms with Gasteiger partial charge in [0.2, 0.25) is 11.8 Å². The van der Waals surface area contributed by atoms with E-state index in [0.717, 1.165) is 64.5 Å². The van der Waals surface area contributed by atoms with Crippen LogP contribution in [0.3, 0.4) is 0 Å². The molecule has 4 heterocycles. The van der Waals surface area contributed by atoms with E-state index in [2.05, 4.69) is 97.7 Å². The Morgan fingerprint density at radius 2 is 1.53 bits per heavy atom. The molecule has 4 aliphatic rings. The molecule has 1 N–H and O–H groups in total. The maximum absolute atomic E-state index is 12.4. The van der Waals surface area contributed by atoms with Crippen molar-refractivity contribution in [2.75, 3.05) is 44.2 Å². The first-order chi connectivity index (χ1) is 22.1. The summed E-state index contributed by atoms with van der Waals surface area (Å²) in [5.41, 5.74) is 6.53. The van der Waals surface area contributed by atoms with Crippen LogP contribution in [-0.2, 0) is 35.8 Å². The summed E-state index contributed by atoms with van der Waals surface area (Å²) in [4.78, 5) is 33.8. The SMILES string of the molecule is O=C1CCC(N2Cc3ccc(OC[C@H]4CCCCN4Cc4ccc(N5CCN(Cc6ccccc6)CC5)cc4)cc3C2)C(=O)N1. The third-order valence-corrected chi connectivity index (χ3v) is 10.1. The molecule has 0 bridgehead atoms. The molecular formula is C37H45N5O3. The van der Waals surface area contributed by atoms with Crippen LogP contribution in [0.5, 0.6) is 5.75 Å². The van der Waals surface area contributed by atoms with Crippen LogP contribution in [0.25, 0.3) is 0 Å². The van der Waals surface area contributed by atoms with E-state index < -0.39 is 0 Å². The highest BCUT2D eigenvalue weighted by molar-refractivity contribution is 6.00. The van der Waals surface area contributed by atoms with Gasteiger partial charge in [0.1, 0.15) is 12.4 Å². The summed E-state index contributed by atoms with van der Waals surface area (Å²) in [5.74, 6) is 0.568. The molecule has 1 unspecified atom stereocenters. The quantitative estimate of drug-likeness (QED) is 0.358. The number of anilines is 1. The number of piperazine rings is 1. The number of hydrogen-bond donors (Lipinski definition) is 1. The maximum atomic E-state index is 12.4. The number of nitrogens with zero attached hydrogens (tertiary/aromatic N) is 4. The normalized spacial score (nSPS) is 23.2. The average molecular weight is 608 g/mol. The van der Waals surface area contributed by atoms with Crippen LogP contribution < -0.4 is 15.0 Å². The number of carbonyl (C=O) groups is 2. The molecule has 2 atom stereocenters. The van der Waals surface area contributed by atoms with Gasteiger partial charge in [-0.25, -0.2) is 0 Å². The third kappa shape index (κ3) is 7.24. The highest BCUT2D eigenvalue weighted by Gasteiger charge is 2.35. The number of hydrogen-bond acceptors (Lipinski definition) is 7. The smallest absolute Gasteiger partial charge is 0.243 e. The molecule has 8 nitrogen and oxygen atoms in total. The van der Waals surface area contributed by atoms with E-state index in [-0.39, 0.29) is 17.9 Å². The molecule has 0 aliphatic carbocycles. The van der Waals surface area contributed by atoms with Gasteiger partial charge >= 0.3 is 0 Å². The molecule has 45 heavy (non-hydrogen) atoms. The minimum Gasteiger partial charge on any atom is -0.492 e. The molecule has 8 heteroatoms. The Morgan fingerprint density at radius 3 is 2.33 bits per heavy atom. The van der Waals surface area contributed by atoms with Gasteiger partial charge in [-0.2, -0.15) is 0 Å². The van der Waals surface area contributed by atoms with Gasteiger partial charge in [0, 0.05) is 70.5 Å². The predicted octanol–water partition coefficient (Wildman–Crippen LogP) is 4.56. The van der Waals surface area contributed by atoms with Crippen LogP contribution in [0.4, 0.5) is 5.69 Å². The Kier molecular flexibility index (Phi) is 9.14. The molecular weight excluding hydrogens is 562 g/mol. The summed E-state index contributed by atoms with van der Waals surface area (Å²) < 4.78 is 6.40. The summed E-state index contributed by atoms with van der Waals surface area (Å²) >= 11 is 0. The van der Waals surface area contributed by atoms with Crippen LogP contribution in [0.2, 0.25) is 0 Å². The van der Waals surface area contributed by atoms with E-state index in [0.29, 0.717) is 32.0 Å². The van der Waals surface area contributed by atoms with Gasteiger partial charge in [-0.05, 0) is 72.3 Å². The van der Waals surface area contributed by atoms with Gasteiger partial charge in [0.25, 0.3) is 0 Å². The van der Waals surface area contributed by atoms with E-state index in [4.69, 9.17) is 4.74 Å². The van der Waals surface area contributed by atoms with Crippen molar-refractivity contribution in [2.45, 2.75) is 70.4 Å². The average Bonchev–Trinajstić information content (AvgIpc) is 3.49. The molecule has 0 spiro atoms. The van der Waals surface area contributed by atoms with Crippen LogP contribution >= 0.6 is 0 Å². The van der Waals surface area contributed by atoms with E-state index in [1.807, 2.05) is 0 Å². The lowest BCUT2D eigenvalue weighted by molar-refractivity contribution is -0.137. The van der Waals surface area contributed by atoms with Crippen molar-refractivity contribution >= 4 is 17.5 Å². The molecule has 3 aromatic rings. The largest absolute Gasteiger partial charge is 0.492 e. The van der Waals surface area contributed by atoms with Crippen molar-refractivity contribution in [3.63, 3.8) is 0 Å². The maximum Gasteiger partial charge on any atom is 0.243 e. The number of benzene rings is 3. The Bertz CT molecular complexity index is 1470. The zero-order valence-electron chi connectivity index (χ0n) is 26.2. The lowest BCUT2D eigenvalue weighted by Crippen LogP contribution is -2.50. The van der Waals surface area contributed by atoms with E-state index in [1.165, 1.54) is 40.8 Å². The summed E-state index contributed by atoms with van der Waals surface area (Å²) in [6.07, 6.45) is 4.63. The molecule has 0 aromatic heterocycles. The number of nitrogens with one attached hydrogen (secondary N) is 1. The summed E-state index contributed by atoms with van der Waals surface area (Å²) in [6, 6.07) is 26.5. The highest BCUT2D eigenvalue weighted by atomic mass is 16.5. The summed E-state index contributed by atoms with van der Waals surface area (Å²) in [6.45, 7) is 9.53. The topological polar surface area (TPSA) is 68.4 Å². The van der Waals surface area contributed by atoms with Gasteiger partial charge in [0.15, 0.2) is 0 Å². The lowest BCUT2D eigenvalue weighted by Gasteiger charge is -2.37. The molecule has 0 radical (unpaired) electrons. The van der Waals surface area contributed by atoms with Gasteiger partial charge in [-0.15, -0.1) is 0 Å². The van der Waals surface area contributed by atoms with Crippen molar-refractivity contribution in [1.82, 2.24) is 20.0 Å². The number of ether oxygens (including phenoxy) is 1. The first-order valence-corrected chi connectivity index (χ1v) is 16.7. The molecule has 0 saturated carbocycles. The lowest BCUT2D eigenvalue weighted by atomic mass is 10.0. The zero-order valence-corrected chi connectivity index (χ0v) is 26.2. The number of piperidine rings is 2. The number of carbonyl (C=O) groups excluding carboxylic acids is 2. The van der Waals surface area contributed by atoms with Crippen LogP contribution in [0, 0.1) is 0 Å². The van der Waals surface area contributed by atoms with Crippen LogP contribution in [0.1, 0.15) is 54.4 Å². The van der Waals surface area contributed by atoms with Crippen molar-refractivity contribution < 1.29 is 14.3 Å². The molecule has 3 aromatic carbocycles. The molecule has 7 rings (SSSR count). The van der Waals surface area contributed by atoms with Gasteiger partial charge in [0.05, 0.1) is 6.04 Å². The third-order valence-electron chi connectivity index (χ3n) is 10.1. The van der Waals surface area contributed by atoms with E-state index in [9.17, 15) is 9.59 Å². The first kappa shape index (κ1) is 30.0. The van der Waals surface area contributed by atoms with Crippen molar-refractivity contribution in [1.29, 1.82) is 0 Å². The van der Waals surface area contributed by atoms with Gasteiger partial charge in [-0.1, -0.05) is 55.0 Å². The summed E-state index contributed by atoms with van der Waals surface area (Å²) in [5, 5.41) is 2.50. The second-order valence-corrected chi connectivity index (χ2v) is 13.1. The number of amides is 2. The fourth-order valence-electron chi connectivity index (χ4n) is 7.44. The predicted molar refractivity (Wildman–Crippen MR) is 176 cm³/mol. The van der Waals surface area contributed by atoms with Crippen molar-refractivity contribution in [3.8, 4) is 5.75 Å². The summed E-state index contributed by atoms with van der Waals surface area (Å²) in [7, 11) is 0. The second kappa shape index (κ2) is 13.7.